The molecule has 0 fully saturated rings. The van der Waals surface area contributed by atoms with Gasteiger partial charge in [-0.1, -0.05) is 30.3 Å². The minimum Gasteiger partial charge on any atom is -1.00 e. The molecule has 0 radical (unpaired) electrons. The summed E-state index contributed by atoms with van der Waals surface area (Å²) >= 11 is 0. The summed E-state index contributed by atoms with van der Waals surface area (Å²) in [5.74, 6) is -1.33. The number of ether oxygens (including phenoxy) is 1. The molecular formula is C10H11NaO3. The molecule has 0 aliphatic rings. The first kappa shape index (κ1) is 13.4. The average molecular weight is 202 g/mol. The topological polar surface area (TPSA) is 43.4 Å². The largest absolute Gasteiger partial charge is 1.00 e. The zero-order valence-electron chi connectivity index (χ0n) is 9.27. The summed E-state index contributed by atoms with van der Waals surface area (Å²) in [5, 5.41) is 0. The Morgan fingerprint density at radius 1 is 1.43 bits per heavy atom. The SMILES string of the molecule is COC(=O)C(C=O)c1ccccc1.[H-].[Na+]. The first-order valence-corrected chi connectivity index (χ1v) is 3.87. The van der Waals surface area contributed by atoms with E-state index in [-0.39, 0.29) is 31.0 Å². The Morgan fingerprint density at radius 2 is 2.00 bits per heavy atom. The van der Waals surface area contributed by atoms with Gasteiger partial charge >= 0.3 is 35.5 Å². The Kier molecular flexibility index (Phi) is 6.45. The number of hydrogen-bond donors (Lipinski definition) is 0. The van der Waals surface area contributed by atoms with Crippen LogP contribution in [0.25, 0.3) is 0 Å². The van der Waals surface area contributed by atoms with Crippen molar-refractivity contribution >= 4 is 12.3 Å². The van der Waals surface area contributed by atoms with Gasteiger partial charge in [-0.2, -0.15) is 0 Å². The van der Waals surface area contributed by atoms with Crippen LogP contribution in [0.3, 0.4) is 0 Å². The molecule has 14 heavy (non-hydrogen) atoms. The zero-order valence-corrected chi connectivity index (χ0v) is 10.3. The number of carbonyl (C=O) groups excluding carboxylic acids is 2. The molecule has 0 amide bonds. The predicted octanol–water partition coefficient (Wildman–Crippen LogP) is -1.74. The van der Waals surface area contributed by atoms with E-state index < -0.39 is 11.9 Å². The van der Waals surface area contributed by atoms with E-state index in [4.69, 9.17) is 0 Å². The monoisotopic (exact) mass is 202 g/mol. The minimum absolute atomic E-state index is 0. The van der Waals surface area contributed by atoms with Crippen LogP contribution in [0.15, 0.2) is 30.3 Å². The van der Waals surface area contributed by atoms with Gasteiger partial charge in [-0.25, -0.2) is 0 Å². The molecule has 70 valence electrons. The second-order valence-corrected chi connectivity index (χ2v) is 2.55. The van der Waals surface area contributed by atoms with Crippen molar-refractivity contribution < 1.29 is 45.3 Å². The normalized spacial score (nSPS) is 10.9. The van der Waals surface area contributed by atoms with E-state index in [0.717, 1.165) is 0 Å². The van der Waals surface area contributed by atoms with Gasteiger partial charge in [-0.3, -0.25) is 4.79 Å². The molecule has 1 unspecified atom stereocenters. The summed E-state index contributed by atoms with van der Waals surface area (Å²) in [6.07, 6.45) is 0.584. The number of aldehydes is 1. The zero-order chi connectivity index (χ0) is 9.68. The van der Waals surface area contributed by atoms with Crippen molar-refractivity contribution in [3.8, 4) is 0 Å². The minimum atomic E-state index is -0.800. The molecule has 0 aromatic heterocycles. The van der Waals surface area contributed by atoms with E-state index in [2.05, 4.69) is 4.74 Å². The van der Waals surface area contributed by atoms with Crippen LogP contribution in [0.4, 0.5) is 0 Å². The number of esters is 1. The number of methoxy groups -OCH3 is 1. The molecule has 0 aliphatic carbocycles. The fourth-order valence-corrected chi connectivity index (χ4v) is 1.06. The van der Waals surface area contributed by atoms with Crippen molar-refractivity contribution in [2.24, 2.45) is 0 Å². The van der Waals surface area contributed by atoms with E-state index >= 15 is 0 Å². The molecule has 1 aromatic carbocycles. The van der Waals surface area contributed by atoms with Crippen molar-refractivity contribution in [2.75, 3.05) is 7.11 Å². The van der Waals surface area contributed by atoms with Gasteiger partial charge < -0.3 is 11.0 Å². The van der Waals surface area contributed by atoms with Gasteiger partial charge in [-0.05, 0) is 5.56 Å². The van der Waals surface area contributed by atoms with Crippen molar-refractivity contribution in [1.82, 2.24) is 0 Å². The molecule has 0 N–H and O–H groups in total. The van der Waals surface area contributed by atoms with Gasteiger partial charge in [0.2, 0.25) is 0 Å². The van der Waals surface area contributed by atoms with Gasteiger partial charge in [0, 0.05) is 0 Å². The summed E-state index contributed by atoms with van der Waals surface area (Å²) in [6.45, 7) is 0. The Morgan fingerprint density at radius 3 is 2.43 bits per heavy atom. The molecule has 0 saturated carbocycles. The number of rotatable bonds is 3. The molecule has 0 aliphatic heterocycles. The molecule has 0 heterocycles. The van der Waals surface area contributed by atoms with Gasteiger partial charge in [0.05, 0.1) is 7.11 Å². The van der Waals surface area contributed by atoms with Crippen LogP contribution in [0.2, 0.25) is 0 Å². The van der Waals surface area contributed by atoms with Gasteiger partial charge in [0.25, 0.3) is 0 Å². The van der Waals surface area contributed by atoms with Crippen molar-refractivity contribution in [2.45, 2.75) is 5.92 Å². The molecule has 0 spiro atoms. The van der Waals surface area contributed by atoms with Crippen molar-refractivity contribution in [1.29, 1.82) is 0 Å². The number of carbonyl (C=O) groups is 2. The second kappa shape index (κ2) is 6.76. The first-order valence-electron chi connectivity index (χ1n) is 3.87. The smallest absolute Gasteiger partial charge is 1.00 e. The molecular weight excluding hydrogens is 191 g/mol. The Hall–Kier alpha value is -0.640. The fourth-order valence-electron chi connectivity index (χ4n) is 1.06. The molecule has 4 heteroatoms. The van der Waals surface area contributed by atoms with Crippen LogP contribution in [-0.2, 0) is 14.3 Å². The maximum atomic E-state index is 11.1. The van der Waals surface area contributed by atoms with Crippen LogP contribution in [0.5, 0.6) is 0 Å². The van der Waals surface area contributed by atoms with E-state index in [1.54, 1.807) is 24.3 Å². The average Bonchev–Trinajstić information content (AvgIpc) is 2.20. The van der Waals surface area contributed by atoms with Crippen LogP contribution < -0.4 is 29.6 Å². The molecule has 1 atom stereocenters. The van der Waals surface area contributed by atoms with E-state index in [0.29, 0.717) is 11.8 Å². The fraction of sp³-hybridized carbons (Fsp3) is 0.200. The van der Waals surface area contributed by atoms with Crippen molar-refractivity contribution in [3.05, 3.63) is 35.9 Å². The third-order valence-electron chi connectivity index (χ3n) is 1.75. The van der Waals surface area contributed by atoms with Crippen LogP contribution >= 0.6 is 0 Å². The molecule has 3 nitrogen and oxygen atoms in total. The Labute approximate surface area is 106 Å². The molecule has 1 rings (SSSR count). The molecule has 1 aromatic rings. The molecule has 0 bridgehead atoms. The summed E-state index contributed by atoms with van der Waals surface area (Å²) in [6, 6.07) is 8.80. The van der Waals surface area contributed by atoms with Crippen molar-refractivity contribution in [3.63, 3.8) is 0 Å². The molecule has 0 saturated heterocycles. The maximum absolute atomic E-state index is 11.1. The Balaban J connectivity index is 0. The van der Waals surface area contributed by atoms with E-state index in [9.17, 15) is 9.59 Å². The standard InChI is InChI=1S/C10H10O3.Na.H/c1-13-10(12)9(7-11)8-5-3-2-4-6-8;;/h2-7,9H,1H3;;/q;+1;-1. The summed E-state index contributed by atoms with van der Waals surface area (Å²) in [4.78, 5) is 21.7. The van der Waals surface area contributed by atoms with E-state index in [1.165, 1.54) is 7.11 Å². The first-order chi connectivity index (χ1) is 6.29. The third-order valence-corrected chi connectivity index (χ3v) is 1.75. The second-order valence-electron chi connectivity index (χ2n) is 2.55. The summed E-state index contributed by atoms with van der Waals surface area (Å²) in [5.41, 5.74) is 0.657. The van der Waals surface area contributed by atoms with Crippen LogP contribution in [0.1, 0.15) is 12.9 Å². The van der Waals surface area contributed by atoms with Gasteiger partial charge in [0.15, 0.2) is 0 Å². The predicted molar refractivity (Wildman–Crippen MR) is 48.4 cm³/mol. The summed E-state index contributed by atoms with van der Waals surface area (Å²) in [7, 11) is 1.27. The van der Waals surface area contributed by atoms with Crippen LogP contribution in [-0.4, -0.2) is 19.4 Å². The quantitative estimate of drug-likeness (QED) is 0.253. The Bertz CT molecular complexity index is 303. The van der Waals surface area contributed by atoms with Gasteiger partial charge in [0.1, 0.15) is 12.2 Å². The third kappa shape index (κ3) is 3.25. The number of benzene rings is 1. The maximum Gasteiger partial charge on any atom is 1.00 e. The van der Waals surface area contributed by atoms with Gasteiger partial charge in [-0.15, -0.1) is 0 Å². The number of hydrogen-bond acceptors (Lipinski definition) is 3. The van der Waals surface area contributed by atoms with Crippen LogP contribution in [0, 0.1) is 0 Å². The van der Waals surface area contributed by atoms with E-state index in [1.807, 2.05) is 6.07 Å². The summed E-state index contributed by atoms with van der Waals surface area (Å²) < 4.78 is 4.49.